The molecule has 0 saturated heterocycles. The number of fused-ring (bicyclic) bond motifs is 1. The molecule has 1 aromatic heterocycles. The maximum Gasteiger partial charge on any atom is 0.311 e. The zero-order valence-corrected chi connectivity index (χ0v) is 18.1. The fraction of sp³-hybridized carbons (Fsp3) is 0.304. The van der Waals surface area contributed by atoms with Crippen molar-refractivity contribution in [3.63, 3.8) is 0 Å². The Bertz CT molecular complexity index is 1220. The molecule has 0 spiro atoms. The van der Waals surface area contributed by atoms with E-state index >= 15 is 4.39 Å². The number of phenolic OH excluding ortho intramolecular Hbond substituents is 1. The number of aromatic nitrogens is 1. The van der Waals surface area contributed by atoms with Crippen LogP contribution in [-0.2, 0) is 4.79 Å². The number of nitrogens with zero attached hydrogens (tertiary/aromatic N) is 1. The minimum Gasteiger partial charge on any atom is -0.503 e. The number of aromatic hydroxyl groups is 1. The van der Waals surface area contributed by atoms with Crippen molar-refractivity contribution >= 4 is 34.4 Å². The minimum absolute atomic E-state index is 0.0285. The molecule has 32 heavy (non-hydrogen) atoms. The van der Waals surface area contributed by atoms with Crippen LogP contribution in [0, 0.1) is 24.4 Å². The number of benzene rings is 2. The number of unbranched alkanes of at least 4 members (excludes halogenated alkanes) is 2. The van der Waals surface area contributed by atoms with Gasteiger partial charge >= 0.3 is 5.97 Å². The number of hydrogen-bond donors (Lipinski definition) is 2. The van der Waals surface area contributed by atoms with Crippen LogP contribution in [0.4, 0.5) is 13.2 Å². The highest BCUT2D eigenvalue weighted by Gasteiger charge is 2.32. The maximum absolute atomic E-state index is 15.0. The Kier molecular flexibility index (Phi) is 6.83. The number of carboxylic acid groups (broad SMARTS) is 1. The highest BCUT2D eigenvalue weighted by molar-refractivity contribution is 6.30. The summed E-state index contributed by atoms with van der Waals surface area (Å²) < 4.78 is 44.1. The molecule has 1 heterocycles. The van der Waals surface area contributed by atoms with Crippen molar-refractivity contribution < 1.29 is 33.0 Å². The van der Waals surface area contributed by atoms with E-state index in [1.165, 1.54) is 19.1 Å². The van der Waals surface area contributed by atoms with Gasteiger partial charge in [-0.3, -0.25) is 14.2 Å². The monoisotopic (exact) mass is 467 g/mol. The van der Waals surface area contributed by atoms with Gasteiger partial charge in [0.2, 0.25) is 0 Å². The average molecular weight is 468 g/mol. The quantitative estimate of drug-likeness (QED) is 0.408. The van der Waals surface area contributed by atoms with Crippen LogP contribution in [0.1, 0.15) is 60.1 Å². The van der Waals surface area contributed by atoms with E-state index in [-0.39, 0.29) is 39.2 Å². The van der Waals surface area contributed by atoms with E-state index in [1.54, 1.807) is 0 Å². The highest BCUT2D eigenvalue weighted by Crippen LogP contribution is 2.40. The van der Waals surface area contributed by atoms with Crippen molar-refractivity contribution in [2.24, 2.45) is 0 Å². The summed E-state index contributed by atoms with van der Waals surface area (Å²) in [4.78, 5) is 25.3. The maximum atomic E-state index is 15.0. The minimum atomic E-state index is -1.35. The molecule has 2 aromatic carbocycles. The Labute approximate surface area is 187 Å². The lowest BCUT2D eigenvalue weighted by Crippen LogP contribution is -2.16. The molecule has 3 rings (SSSR count). The van der Waals surface area contributed by atoms with Crippen LogP contribution < -0.4 is 0 Å². The second kappa shape index (κ2) is 9.24. The Hall–Kier alpha value is -3.00. The smallest absolute Gasteiger partial charge is 0.311 e. The fourth-order valence-corrected chi connectivity index (χ4v) is 4.06. The van der Waals surface area contributed by atoms with Gasteiger partial charge in [-0.05, 0) is 37.1 Å². The summed E-state index contributed by atoms with van der Waals surface area (Å²) in [5, 5.41) is 19.1. The first-order chi connectivity index (χ1) is 15.1. The Morgan fingerprint density at radius 1 is 1.12 bits per heavy atom. The summed E-state index contributed by atoms with van der Waals surface area (Å²) >= 11 is 5.67. The van der Waals surface area contributed by atoms with Gasteiger partial charge in [-0.15, -0.1) is 0 Å². The summed E-state index contributed by atoms with van der Waals surface area (Å²) in [6.07, 6.45) is 2.26. The third kappa shape index (κ3) is 4.07. The van der Waals surface area contributed by atoms with Gasteiger partial charge in [0.05, 0.1) is 16.5 Å². The second-order valence-corrected chi connectivity index (χ2v) is 7.98. The van der Waals surface area contributed by atoms with Crippen molar-refractivity contribution in [1.29, 1.82) is 0 Å². The van der Waals surface area contributed by atoms with Crippen LogP contribution in [0.15, 0.2) is 24.3 Å². The van der Waals surface area contributed by atoms with Gasteiger partial charge in [0.1, 0.15) is 5.82 Å². The molecule has 0 bridgehead atoms. The van der Waals surface area contributed by atoms with Crippen molar-refractivity contribution in [3.05, 3.63) is 63.6 Å². The third-order valence-corrected chi connectivity index (χ3v) is 5.83. The summed E-state index contributed by atoms with van der Waals surface area (Å²) in [5.74, 6) is -8.04. The van der Waals surface area contributed by atoms with Crippen LogP contribution in [-0.4, -0.2) is 26.7 Å². The lowest BCUT2D eigenvalue weighted by atomic mass is 9.90. The van der Waals surface area contributed by atoms with Crippen LogP contribution >= 0.6 is 11.6 Å². The van der Waals surface area contributed by atoms with Gasteiger partial charge in [0, 0.05) is 22.7 Å². The number of carboxylic acids is 1. The molecular weight excluding hydrogens is 447 g/mol. The number of rotatable bonds is 7. The van der Waals surface area contributed by atoms with E-state index in [1.807, 2.05) is 6.92 Å². The topological polar surface area (TPSA) is 79.5 Å². The van der Waals surface area contributed by atoms with E-state index in [4.69, 9.17) is 11.6 Å². The van der Waals surface area contributed by atoms with Crippen LogP contribution in [0.5, 0.6) is 5.75 Å². The lowest BCUT2D eigenvalue weighted by Gasteiger charge is -2.14. The molecule has 1 atom stereocenters. The first-order valence-corrected chi connectivity index (χ1v) is 10.4. The Balaban J connectivity index is 2.32. The second-order valence-electron chi connectivity index (χ2n) is 7.57. The van der Waals surface area contributed by atoms with Crippen LogP contribution in [0.2, 0.25) is 5.02 Å². The van der Waals surface area contributed by atoms with Gasteiger partial charge in [0.25, 0.3) is 5.91 Å². The molecule has 2 N–H and O–H groups in total. The number of halogens is 4. The summed E-state index contributed by atoms with van der Waals surface area (Å²) in [7, 11) is 0. The van der Waals surface area contributed by atoms with Crippen molar-refractivity contribution in [2.75, 3.05) is 0 Å². The molecule has 5 nitrogen and oxygen atoms in total. The van der Waals surface area contributed by atoms with Gasteiger partial charge in [-0.2, -0.15) is 0 Å². The molecule has 0 fully saturated rings. The molecular formula is C23H21ClF3NO4. The molecule has 0 aliphatic carbocycles. The first-order valence-electron chi connectivity index (χ1n) is 10.0. The van der Waals surface area contributed by atoms with Crippen LogP contribution in [0.25, 0.3) is 10.9 Å². The molecule has 0 aliphatic rings. The van der Waals surface area contributed by atoms with E-state index in [2.05, 4.69) is 0 Å². The largest absolute Gasteiger partial charge is 0.503 e. The SMILES string of the molecule is CCCCC[C@H](C(=O)O)c1c(C)n(C(=O)c2ccc(Cl)c(F)c2)c2cc(F)c(O)c(F)c12. The van der Waals surface area contributed by atoms with Gasteiger partial charge in [-0.1, -0.05) is 37.8 Å². The summed E-state index contributed by atoms with van der Waals surface area (Å²) in [6, 6.07) is 4.07. The fourth-order valence-electron chi connectivity index (χ4n) is 3.95. The van der Waals surface area contributed by atoms with Crippen molar-refractivity contribution in [3.8, 4) is 5.75 Å². The average Bonchev–Trinajstić information content (AvgIpc) is 3.02. The molecule has 0 saturated carbocycles. The predicted molar refractivity (Wildman–Crippen MR) is 114 cm³/mol. The van der Waals surface area contributed by atoms with Crippen LogP contribution in [0.3, 0.4) is 0 Å². The number of phenols is 1. The molecule has 9 heteroatoms. The molecule has 0 amide bonds. The van der Waals surface area contributed by atoms with Gasteiger partial charge in [-0.25, -0.2) is 13.2 Å². The number of carbonyl (C=O) groups is 2. The summed E-state index contributed by atoms with van der Waals surface area (Å²) in [6.45, 7) is 3.35. The predicted octanol–water partition coefficient (Wildman–Crippen LogP) is 6.16. The first kappa shape index (κ1) is 23.7. The van der Waals surface area contributed by atoms with E-state index in [0.29, 0.717) is 6.42 Å². The molecule has 170 valence electrons. The molecule has 3 aromatic rings. The third-order valence-electron chi connectivity index (χ3n) is 5.52. The molecule has 0 radical (unpaired) electrons. The molecule has 0 aliphatic heterocycles. The highest BCUT2D eigenvalue weighted by atomic mass is 35.5. The zero-order valence-electron chi connectivity index (χ0n) is 17.4. The Morgan fingerprint density at radius 2 is 1.81 bits per heavy atom. The lowest BCUT2D eigenvalue weighted by molar-refractivity contribution is -0.139. The van der Waals surface area contributed by atoms with Gasteiger partial charge < -0.3 is 10.2 Å². The molecule has 0 unspecified atom stereocenters. The number of carbonyl (C=O) groups excluding carboxylic acids is 1. The number of hydrogen-bond acceptors (Lipinski definition) is 3. The van der Waals surface area contributed by atoms with Crippen molar-refractivity contribution in [2.45, 2.75) is 45.4 Å². The summed E-state index contributed by atoms with van der Waals surface area (Å²) in [5.41, 5.74) is -0.370. The zero-order chi connectivity index (χ0) is 23.7. The van der Waals surface area contributed by atoms with E-state index in [0.717, 1.165) is 29.5 Å². The normalized spacial score (nSPS) is 12.3. The van der Waals surface area contributed by atoms with E-state index in [9.17, 15) is 28.6 Å². The van der Waals surface area contributed by atoms with E-state index < -0.39 is 41.0 Å². The Morgan fingerprint density at radius 3 is 2.41 bits per heavy atom. The van der Waals surface area contributed by atoms with Gasteiger partial charge in [0.15, 0.2) is 17.4 Å². The van der Waals surface area contributed by atoms with Crippen molar-refractivity contribution in [1.82, 2.24) is 4.57 Å². The number of aliphatic carboxylic acids is 1. The standard InChI is InChI=1S/C23H21ClF3NO4/c1-3-4-5-6-13(23(31)32)18-11(2)28(17-10-16(26)21(29)20(27)19(17)18)22(30)12-7-8-14(24)15(25)9-12/h7-10,13,29H,3-6H2,1-2H3,(H,31,32)/t13-/m0/s1.